The SMILES string of the molecule is Cc1c(Cl)nc(C(C)C)nc1NCc1ccn[nH]1. The molecule has 0 unspecified atom stereocenters. The average Bonchev–Trinajstić information content (AvgIpc) is 2.83. The van der Waals surface area contributed by atoms with Crippen molar-refractivity contribution in [2.24, 2.45) is 0 Å². The van der Waals surface area contributed by atoms with Gasteiger partial charge in [-0.25, -0.2) is 9.97 Å². The second-order valence-electron chi connectivity index (χ2n) is 4.44. The highest BCUT2D eigenvalue weighted by Gasteiger charge is 2.11. The summed E-state index contributed by atoms with van der Waals surface area (Å²) in [6.45, 7) is 6.62. The van der Waals surface area contributed by atoms with Gasteiger partial charge in [-0.15, -0.1) is 0 Å². The van der Waals surface area contributed by atoms with E-state index in [1.807, 2.05) is 26.8 Å². The number of aromatic nitrogens is 4. The van der Waals surface area contributed by atoms with Crippen LogP contribution in [0.3, 0.4) is 0 Å². The van der Waals surface area contributed by atoms with E-state index < -0.39 is 0 Å². The molecule has 0 aliphatic heterocycles. The molecule has 0 aliphatic carbocycles. The Bertz CT molecular complexity index is 522. The van der Waals surface area contributed by atoms with Gasteiger partial charge in [0.15, 0.2) is 0 Å². The van der Waals surface area contributed by atoms with Gasteiger partial charge in [-0.3, -0.25) is 5.10 Å². The first kappa shape index (κ1) is 12.8. The fraction of sp³-hybridized carbons (Fsp3) is 0.417. The predicted molar refractivity (Wildman–Crippen MR) is 71.8 cm³/mol. The standard InChI is InChI=1S/C12H16ClN5/c1-7(2)11-16-10(13)8(3)12(17-11)14-6-9-4-5-15-18-9/h4-5,7H,6H2,1-3H3,(H,15,18)(H,14,16,17). The molecule has 2 heterocycles. The Morgan fingerprint density at radius 1 is 1.39 bits per heavy atom. The number of hydrogen-bond acceptors (Lipinski definition) is 4. The number of nitrogens with zero attached hydrogens (tertiary/aromatic N) is 3. The molecule has 96 valence electrons. The Kier molecular flexibility index (Phi) is 3.81. The van der Waals surface area contributed by atoms with Crippen molar-refractivity contribution in [1.29, 1.82) is 0 Å². The topological polar surface area (TPSA) is 66.5 Å². The maximum atomic E-state index is 6.11. The molecule has 0 amide bonds. The first-order valence-corrected chi connectivity index (χ1v) is 6.22. The first-order valence-electron chi connectivity index (χ1n) is 5.84. The number of nitrogens with one attached hydrogen (secondary N) is 2. The van der Waals surface area contributed by atoms with E-state index in [-0.39, 0.29) is 5.92 Å². The van der Waals surface area contributed by atoms with E-state index in [1.54, 1.807) is 6.20 Å². The predicted octanol–water partition coefficient (Wildman–Crippen LogP) is 2.90. The van der Waals surface area contributed by atoms with E-state index in [9.17, 15) is 0 Å². The van der Waals surface area contributed by atoms with Crippen LogP contribution in [0.2, 0.25) is 5.15 Å². The Balaban J connectivity index is 2.20. The van der Waals surface area contributed by atoms with E-state index in [0.717, 1.165) is 22.9 Å². The second kappa shape index (κ2) is 5.35. The van der Waals surface area contributed by atoms with Gasteiger partial charge in [0, 0.05) is 17.7 Å². The Labute approximate surface area is 111 Å². The quantitative estimate of drug-likeness (QED) is 0.834. The zero-order valence-corrected chi connectivity index (χ0v) is 11.4. The van der Waals surface area contributed by atoms with Crippen LogP contribution in [-0.4, -0.2) is 20.2 Å². The van der Waals surface area contributed by atoms with Crippen LogP contribution in [0.1, 0.15) is 36.8 Å². The Hall–Kier alpha value is -1.62. The van der Waals surface area contributed by atoms with Gasteiger partial charge < -0.3 is 5.32 Å². The molecule has 0 bridgehead atoms. The molecule has 0 spiro atoms. The highest BCUT2D eigenvalue weighted by Crippen LogP contribution is 2.23. The average molecular weight is 266 g/mol. The summed E-state index contributed by atoms with van der Waals surface area (Å²) in [7, 11) is 0. The van der Waals surface area contributed by atoms with Gasteiger partial charge in [-0.2, -0.15) is 5.10 Å². The normalized spacial score (nSPS) is 10.9. The third-order valence-electron chi connectivity index (χ3n) is 2.62. The number of H-pyrrole nitrogens is 1. The molecule has 0 aliphatic rings. The van der Waals surface area contributed by atoms with Crippen molar-refractivity contribution >= 4 is 17.4 Å². The summed E-state index contributed by atoms with van der Waals surface area (Å²) in [6, 6.07) is 1.91. The highest BCUT2D eigenvalue weighted by molar-refractivity contribution is 6.30. The lowest BCUT2D eigenvalue weighted by molar-refractivity contribution is 0.771. The van der Waals surface area contributed by atoms with Gasteiger partial charge >= 0.3 is 0 Å². The van der Waals surface area contributed by atoms with E-state index >= 15 is 0 Å². The van der Waals surface area contributed by atoms with Crippen molar-refractivity contribution in [1.82, 2.24) is 20.2 Å². The molecule has 18 heavy (non-hydrogen) atoms. The summed E-state index contributed by atoms with van der Waals surface area (Å²) in [5, 5.41) is 10.5. The lowest BCUT2D eigenvalue weighted by atomic mass is 10.2. The third-order valence-corrected chi connectivity index (χ3v) is 2.99. The van der Waals surface area contributed by atoms with E-state index in [1.165, 1.54) is 0 Å². The summed E-state index contributed by atoms with van der Waals surface area (Å²) in [5.74, 6) is 1.77. The maximum Gasteiger partial charge on any atom is 0.137 e. The molecule has 0 aromatic carbocycles. The lowest BCUT2D eigenvalue weighted by Gasteiger charge is -2.12. The van der Waals surface area contributed by atoms with Gasteiger partial charge in [-0.1, -0.05) is 25.4 Å². The van der Waals surface area contributed by atoms with E-state index in [2.05, 4.69) is 25.5 Å². The number of aromatic amines is 1. The molecule has 0 fully saturated rings. The maximum absolute atomic E-state index is 6.11. The zero-order valence-electron chi connectivity index (χ0n) is 10.7. The van der Waals surface area contributed by atoms with Crippen molar-refractivity contribution in [3.05, 3.63) is 34.5 Å². The van der Waals surface area contributed by atoms with Crippen LogP contribution >= 0.6 is 11.6 Å². The van der Waals surface area contributed by atoms with E-state index in [0.29, 0.717) is 11.7 Å². The van der Waals surface area contributed by atoms with Crippen LogP contribution < -0.4 is 5.32 Å². The lowest BCUT2D eigenvalue weighted by Crippen LogP contribution is -2.08. The fourth-order valence-corrected chi connectivity index (χ4v) is 1.67. The summed E-state index contributed by atoms with van der Waals surface area (Å²) >= 11 is 6.11. The number of anilines is 1. The van der Waals surface area contributed by atoms with Crippen molar-refractivity contribution in [3.63, 3.8) is 0 Å². The van der Waals surface area contributed by atoms with Crippen LogP contribution in [-0.2, 0) is 6.54 Å². The monoisotopic (exact) mass is 265 g/mol. The molecule has 0 atom stereocenters. The molecule has 2 N–H and O–H groups in total. The summed E-state index contributed by atoms with van der Waals surface area (Å²) in [5.41, 5.74) is 1.86. The Morgan fingerprint density at radius 3 is 2.78 bits per heavy atom. The number of rotatable bonds is 4. The minimum absolute atomic E-state index is 0.246. The van der Waals surface area contributed by atoms with Crippen LogP contribution in [0.15, 0.2) is 12.3 Å². The van der Waals surface area contributed by atoms with Crippen LogP contribution in [0.4, 0.5) is 5.82 Å². The molecule has 0 saturated carbocycles. The van der Waals surface area contributed by atoms with Crippen molar-refractivity contribution in [2.75, 3.05) is 5.32 Å². The molecule has 6 heteroatoms. The summed E-state index contributed by atoms with van der Waals surface area (Å²) in [6.07, 6.45) is 1.72. The molecule has 2 rings (SSSR count). The van der Waals surface area contributed by atoms with Crippen LogP contribution in [0.5, 0.6) is 0 Å². The van der Waals surface area contributed by atoms with Gasteiger partial charge in [0.2, 0.25) is 0 Å². The minimum Gasteiger partial charge on any atom is -0.364 e. The fourth-order valence-electron chi connectivity index (χ4n) is 1.50. The molecule has 2 aromatic heterocycles. The van der Waals surface area contributed by atoms with E-state index in [4.69, 9.17) is 11.6 Å². The summed E-state index contributed by atoms with van der Waals surface area (Å²) in [4.78, 5) is 8.76. The van der Waals surface area contributed by atoms with Gasteiger partial charge in [0.05, 0.1) is 12.2 Å². The molecule has 0 saturated heterocycles. The molecule has 5 nitrogen and oxygen atoms in total. The molecule has 2 aromatic rings. The third kappa shape index (κ3) is 2.79. The molecular formula is C12H16ClN5. The van der Waals surface area contributed by atoms with Crippen molar-refractivity contribution in [2.45, 2.75) is 33.2 Å². The molecular weight excluding hydrogens is 250 g/mol. The summed E-state index contributed by atoms with van der Waals surface area (Å²) < 4.78 is 0. The minimum atomic E-state index is 0.246. The van der Waals surface area contributed by atoms with Crippen LogP contribution in [0, 0.1) is 6.92 Å². The van der Waals surface area contributed by atoms with Crippen LogP contribution in [0.25, 0.3) is 0 Å². The van der Waals surface area contributed by atoms with Gasteiger partial charge in [-0.05, 0) is 13.0 Å². The van der Waals surface area contributed by atoms with Gasteiger partial charge in [0.25, 0.3) is 0 Å². The highest BCUT2D eigenvalue weighted by atomic mass is 35.5. The van der Waals surface area contributed by atoms with Crippen molar-refractivity contribution in [3.8, 4) is 0 Å². The smallest absolute Gasteiger partial charge is 0.137 e. The number of hydrogen-bond donors (Lipinski definition) is 2. The number of halogens is 1. The zero-order chi connectivity index (χ0) is 13.1. The van der Waals surface area contributed by atoms with Gasteiger partial charge in [0.1, 0.15) is 16.8 Å². The Morgan fingerprint density at radius 2 is 2.17 bits per heavy atom. The van der Waals surface area contributed by atoms with Crippen molar-refractivity contribution < 1.29 is 0 Å². The molecule has 0 radical (unpaired) electrons. The first-order chi connectivity index (χ1) is 8.58. The largest absolute Gasteiger partial charge is 0.364 e. The second-order valence-corrected chi connectivity index (χ2v) is 4.79.